The molecule has 0 heterocycles. The number of fused-ring (bicyclic) bond motifs is 20. The van der Waals surface area contributed by atoms with Gasteiger partial charge in [0.15, 0.2) is 23.1 Å². The Kier molecular flexibility index (Phi) is 19.9. The van der Waals surface area contributed by atoms with Crippen molar-refractivity contribution >= 4 is 34.7 Å². The van der Waals surface area contributed by atoms with E-state index >= 15 is 0 Å². The third-order valence-electron chi connectivity index (χ3n) is 35.4. The van der Waals surface area contributed by atoms with Crippen LogP contribution in [0.3, 0.4) is 0 Å². The molecule has 0 aliphatic heterocycles. The Morgan fingerprint density at radius 3 is 1.22 bits per heavy atom. The van der Waals surface area contributed by atoms with E-state index in [1.165, 1.54) is 12.0 Å². The number of rotatable bonds is 6. The van der Waals surface area contributed by atoms with Crippen molar-refractivity contribution in [1.29, 1.82) is 0 Å². The number of hydrogen-bond acceptors (Lipinski definition) is 18. The maximum absolute atomic E-state index is 12.4. The fourth-order valence-electron chi connectivity index (χ4n) is 30.1. The van der Waals surface area contributed by atoms with Crippen LogP contribution in [-0.2, 0) is 28.8 Å². The van der Waals surface area contributed by atoms with E-state index in [2.05, 4.69) is 34.6 Å². The van der Waals surface area contributed by atoms with Crippen molar-refractivity contribution in [3.05, 3.63) is 11.6 Å². The number of aliphatic hydroxyl groups is 12. The second kappa shape index (κ2) is 26.3. The number of Topliss-reactive ketones (excluding diaryl/α,β-unsaturated/α-hetero) is 5. The lowest BCUT2D eigenvalue weighted by Gasteiger charge is -2.62. The molecule has 16 rings (SSSR count). The first-order valence-corrected chi connectivity index (χ1v) is 39.8. The summed E-state index contributed by atoms with van der Waals surface area (Å²) < 4.78 is 0. The molecule has 18 nitrogen and oxygen atoms in total. The minimum Gasteiger partial charge on any atom is -0.393 e. The van der Waals surface area contributed by atoms with Crippen LogP contribution in [0.25, 0.3) is 0 Å². The highest BCUT2D eigenvalue weighted by Gasteiger charge is 2.73. The molecule has 0 aromatic rings. The monoisotopic (exact) mass is 1400 g/mol. The van der Waals surface area contributed by atoms with Gasteiger partial charge in [0.05, 0.1) is 36.6 Å². The number of hydrogen-bond donors (Lipinski definition) is 12. The number of ketones is 6. The zero-order valence-corrected chi connectivity index (χ0v) is 61.6. The van der Waals surface area contributed by atoms with Gasteiger partial charge < -0.3 is 61.3 Å². The second-order valence-corrected chi connectivity index (χ2v) is 38.9. The maximum atomic E-state index is 12.4. The molecule has 18 heteroatoms. The molecule has 16 aliphatic carbocycles. The summed E-state index contributed by atoms with van der Waals surface area (Å²) in [5, 5.41) is 126. The summed E-state index contributed by atoms with van der Waals surface area (Å²) in [6.07, 6.45) is 23.3. The molecule has 562 valence electrons. The molecule has 0 aromatic carbocycles. The Balaban J connectivity index is 0.000000120. The molecule has 100 heavy (non-hydrogen) atoms. The van der Waals surface area contributed by atoms with Crippen molar-refractivity contribution in [3.8, 4) is 0 Å². The third kappa shape index (κ3) is 11.0. The predicted molar refractivity (Wildman–Crippen MR) is 371 cm³/mol. The zero-order chi connectivity index (χ0) is 72.4. The smallest absolute Gasteiger partial charge is 0.190 e. The van der Waals surface area contributed by atoms with Gasteiger partial charge in [-0.1, -0.05) is 61.0 Å². The lowest BCUT2D eigenvalue weighted by Crippen LogP contribution is -2.63. The molecule has 0 aromatic heterocycles. The Bertz CT molecular complexity index is 3220. The van der Waals surface area contributed by atoms with Crippen molar-refractivity contribution in [2.24, 2.45) is 132 Å². The van der Waals surface area contributed by atoms with Crippen LogP contribution in [0.15, 0.2) is 11.6 Å². The molecular formula is C82H126O18. The summed E-state index contributed by atoms with van der Waals surface area (Å²) in [4.78, 5) is 73.4. The fraction of sp³-hybridized carbons (Fsp3) is 0.902. The number of aliphatic hydroxyl groups excluding tert-OH is 9. The Morgan fingerprint density at radius 2 is 0.780 bits per heavy atom. The third-order valence-corrected chi connectivity index (χ3v) is 35.4. The summed E-state index contributed by atoms with van der Waals surface area (Å²) in [5.74, 6) is 3.86. The SMILES string of the molecule is C[C@]12CCC(=O)C=C1CC[C@@H]1[C@@H]2[C@@H](O)C[C@@]2(C)[C@H]1CC[C@]2(O)C(=O)CO.C[C@]12CCC(=O)C[C@H]1CC[C@@H]1[C@@H]2[C@@H](O)C[C@@]2(C)[C@H]1CC[C@]2(O)C(=O)CO.C[C@]12CC[C@@H](O)C[C@H]1CC[C@@H]1[C@@H]2[C@@H](O)C[C@@]2(C)[C@H]1CC[C@]2(O)C(=O)CO.C[C@]12CC[C@@H](O)C[C@H]1CC[C@@H]1[C@@H]2[C@@H](O)C[C@]2(C)C(=O)CC[C@@H]12. The maximum Gasteiger partial charge on any atom is 0.190 e. The molecule has 16 aliphatic rings. The van der Waals surface area contributed by atoms with Crippen LogP contribution in [-0.4, -0.2) is 169 Å². The molecule has 12 N–H and O–H groups in total. The molecule has 32 atom stereocenters. The van der Waals surface area contributed by atoms with Gasteiger partial charge in [0.1, 0.15) is 48.2 Å². The van der Waals surface area contributed by atoms with Crippen LogP contribution in [0, 0.1) is 132 Å². The van der Waals surface area contributed by atoms with E-state index in [1.54, 1.807) is 6.08 Å². The fourth-order valence-corrected chi connectivity index (χ4v) is 30.1. The molecule has 0 amide bonds. The van der Waals surface area contributed by atoms with Crippen LogP contribution in [0.5, 0.6) is 0 Å². The average Bonchev–Trinajstić information content (AvgIpc) is 1.48. The summed E-state index contributed by atoms with van der Waals surface area (Å²) in [5.41, 5.74) is -5.72. The summed E-state index contributed by atoms with van der Waals surface area (Å²) in [6.45, 7) is 15.1. The summed E-state index contributed by atoms with van der Waals surface area (Å²) in [6, 6.07) is 0. The zero-order valence-electron chi connectivity index (χ0n) is 61.6. The van der Waals surface area contributed by atoms with Gasteiger partial charge in [-0.3, -0.25) is 28.8 Å². The Labute approximate surface area is 593 Å². The average molecular weight is 1400 g/mol. The molecule has 15 fully saturated rings. The standard InChI is InChI=1S/C21H34O5.C21H32O5.C21H30O5.C19H30O3/c3*1-19-7-5-13(23)9-12(19)3-4-14-15-6-8-21(26,17(25)11-22)20(15,2)10-16(24)18(14)19;1-18-8-7-12(20)9-11(18)3-4-13-14-5-6-16(22)19(14,2)10-15(21)17(13)18/h12-16,18,22-24,26H,3-11H2,1-2H3;12,14-16,18,22,24,26H,3-11H2,1-2H3;9,14-16,18,22,24,26H,3-8,10-11H2,1-2H3;11-15,17,20-21H,3-10H2,1-2H3/t12-,13-,14+,15+,16+,18-,19+,20+,21+;12-,14+,15+,16+,18-,19+,20+,21+;14-,15-,16-,18+,19-,20-,21-;11-,12-,13+,14+,15+,17-,18+,19+/m1101/s1. The van der Waals surface area contributed by atoms with Gasteiger partial charge in [-0.25, -0.2) is 0 Å². The lowest BCUT2D eigenvalue weighted by atomic mass is 9.43. The van der Waals surface area contributed by atoms with Crippen LogP contribution >= 0.6 is 0 Å². The van der Waals surface area contributed by atoms with Crippen LogP contribution in [0.1, 0.15) is 254 Å². The van der Waals surface area contributed by atoms with Crippen LogP contribution in [0.4, 0.5) is 0 Å². The van der Waals surface area contributed by atoms with E-state index < -0.39 is 88.5 Å². The van der Waals surface area contributed by atoms with E-state index in [9.17, 15) is 90.0 Å². The molecule has 0 bridgehead atoms. The quantitative estimate of drug-likeness (QED) is 0.119. The van der Waals surface area contributed by atoms with Crippen molar-refractivity contribution in [3.63, 3.8) is 0 Å². The van der Waals surface area contributed by atoms with E-state index in [0.717, 1.165) is 128 Å². The molecule has 15 saturated carbocycles. The first kappa shape index (κ1) is 75.5. The number of allylic oxidation sites excluding steroid dienone is 1. The second-order valence-electron chi connectivity index (χ2n) is 38.9. The Morgan fingerprint density at radius 1 is 0.390 bits per heavy atom. The van der Waals surface area contributed by atoms with Gasteiger partial charge in [0.25, 0.3) is 0 Å². The van der Waals surface area contributed by atoms with Crippen molar-refractivity contribution < 1.29 is 90.0 Å². The molecule has 0 saturated heterocycles. The normalized spacial score (nSPS) is 54.5. The first-order valence-electron chi connectivity index (χ1n) is 39.8. The number of carbonyl (C=O) groups excluding carboxylic acids is 6. The van der Waals surface area contributed by atoms with Gasteiger partial charge in [0.2, 0.25) is 0 Å². The van der Waals surface area contributed by atoms with Crippen LogP contribution < -0.4 is 0 Å². The Hall–Kier alpha value is -2.72. The van der Waals surface area contributed by atoms with E-state index in [-0.39, 0.29) is 98.5 Å². The van der Waals surface area contributed by atoms with E-state index in [1.807, 2.05) is 20.8 Å². The largest absolute Gasteiger partial charge is 0.393 e. The van der Waals surface area contributed by atoms with Gasteiger partial charge in [0, 0.05) is 47.3 Å². The highest BCUT2D eigenvalue weighted by Crippen LogP contribution is 2.73. The number of carbonyl (C=O) groups is 6. The predicted octanol–water partition coefficient (Wildman–Crippen LogP) is 8.23. The molecular weight excluding hydrogens is 1270 g/mol. The van der Waals surface area contributed by atoms with Gasteiger partial charge in [-0.2, -0.15) is 0 Å². The summed E-state index contributed by atoms with van der Waals surface area (Å²) >= 11 is 0. The highest BCUT2D eigenvalue weighted by molar-refractivity contribution is 5.92. The van der Waals surface area contributed by atoms with Crippen molar-refractivity contribution in [2.75, 3.05) is 19.8 Å². The van der Waals surface area contributed by atoms with Crippen LogP contribution in [0.2, 0.25) is 0 Å². The molecule has 0 radical (unpaired) electrons. The van der Waals surface area contributed by atoms with Crippen molar-refractivity contribution in [1.82, 2.24) is 0 Å². The van der Waals surface area contributed by atoms with E-state index in [4.69, 9.17) is 0 Å². The van der Waals surface area contributed by atoms with Crippen molar-refractivity contribution in [2.45, 2.75) is 308 Å². The summed E-state index contributed by atoms with van der Waals surface area (Å²) in [7, 11) is 0. The first-order chi connectivity index (χ1) is 46.9. The van der Waals surface area contributed by atoms with Gasteiger partial charge in [-0.05, 0) is 290 Å². The molecule has 0 spiro atoms. The minimum absolute atomic E-state index is 0.0285. The lowest BCUT2D eigenvalue weighted by molar-refractivity contribution is -0.202. The van der Waals surface area contributed by atoms with Gasteiger partial charge in [-0.15, -0.1) is 0 Å². The minimum atomic E-state index is -1.54. The van der Waals surface area contributed by atoms with E-state index in [0.29, 0.717) is 117 Å². The topological polar surface area (TPSA) is 345 Å². The molecule has 0 unspecified atom stereocenters. The highest BCUT2D eigenvalue weighted by atomic mass is 16.3. The van der Waals surface area contributed by atoms with Gasteiger partial charge >= 0.3 is 0 Å².